The molecule has 0 radical (unpaired) electrons. The first-order valence-electron chi connectivity index (χ1n) is 11.2. The topological polar surface area (TPSA) is 93.2 Å². The third kappa shape index (κ3) is 5.72. The van der Waals surface area contributed by atoms with Crippen LogP contribution in [0.5, 0.6) is 0 Å². The van der Waals surface area contributed by atoms with E-state index in [4.69, 9.17) is 0 Å². The van der Waals surface area contributed by atoms with Gasteiger partial charge in [-0.2, -0.15) is 0 Å². The number of benzene rings is 3. The maximum atomic E-state index is 13.5. The van der Waals surface area contributed by atoms with E-state index in [1.165, 1.54) is 24.3 Å². The molecule has 182 valence electrons. The van der Waals surface area contributed by atoms with Crippen LogP contribution in [0.2, 0.25) is 0 Å². The monoisotopic (exact) mass is 502 g/mol. The minimum Gasteiger partial charge on any atom is -0.310 e. The van der Waals surface area contributed by atoms with Crippen molar-refractivity contribution in [1.29, 1.82) is 0 Å². The second kappa shape index (κ2) is 10.6. The molecule has 1 N–H and O–H groups in total. The first kappa shape index (κ1) is 24.9. The Bertz CT molecular complexity index is 1500. The molecule has 3 aromatic carbocycles. The number of amides is 1. The number of carbonyl (C=O) groups excluding carboxylic acids is 2. The molecule has 0 bridgehead atoms. The van der Waals surface area contributed by atoms with E-state index in [0.29, 0.717) is 22.3 Å². The van der Waals surface area contributed by atoms with Crippen molar-refractivity contribution in [3.63, 3.8) is 0 Å². The van der Waals surface area contributed by atoms with Gasteiger partial charge in [-0.1, -0.05) is 61.5 Å². The minimum atomic E-state index is -3.32. The number of aromatic nitrogens is 1. The molecule has 0 aliphatic carbocycles. The van der Waals surface area contributed by atoms with E-state index in [1.807, 2.05) is 0 Å². The van der Waals surface area contributed by atoms with E-state index in [-0.39, 0.29) is 40.3 Å². The molecule has 0 spiro atoms. The van der Waals surface area contributed by atoms with Crippen molar-refractivity contribution < 1.29 is 22.4 Å². The summed E-state index contributed by atoms with van der Waals surface area (Å²) in [5, 5.41) is 2.70. The van der Waals surface area contributed by atoms with Crippen molar-refractivity contribution in [3.05, 3.63) is 114 Å². The smallest absolute Gasteiger partial charge is 0.229 e. The number of hydrogen-bond donors (Lipinski definition) is 1. The average Bonchev–Trinajstić information content (AvgIpc) is 2.89. The fraction of sp³-hybridized carbons (Fsp3) is 0.107. The molecule has 0 unspecified atom stereocenters. The molecule has 0 aliphatic rings. The molecule has 0 atom stereocenters. The molecule has 0 saturated heterocycles. The van der Waals surface area contributed by atoms with Crippen LogP contribution in [0, 0.1) is 5.82 Å². The van der Waals surface area contributed by atoms with E-state index >= 15 is 0 Å². The van der Waals surface area contributed by atoms with Gasteiger partial charge in [0.25, 0.3) is 0 Å². The lowest BCUT2D eigenvalue weighted by Crippen LogP contribution is -2.17. The molecule has 6 nitrogen and oxygen atoms in total. The van der Waals surface area contributed by atoms with Gasteiger partial charge >= 0.3 is 0 Å². The third-order valence-corrected chi connectivity index (χ3v) is 7.35. The molecule has 1 aromatic heterocycles. The number of hydrogen-bond acceptors (Lipinski definition) is 5. The second-order valence-corrected chi connectivity index (χ2v) is 10.3. The van der Waals surface area contributed by atoms with E-state index in [1.54, 1.807) is 73.7 Å². The standard InChI is InChI=1S/C28H23FN2O4S/c1-2-36(34,35)23-14-8-19(9-15-23)18-26(32)30-25-17-16-24(20-10-12-22(29)13-11-20)27(31-25)28(33)21-6-4-3-5-7-21/h3-17H,2,18H2,1H3,(H,30,31,32). The highest BCUT2D eigenvalue weighted by molar-refractivity contribution is 7.91. The number of carbonyl (C=O) groups is 2. The van der Waals surface area contributed by atoms with Gasteiger partial charge in [0, 0.05) is 11.1 Å². The Hall–Kier alpha value is -4.17. The Balaban J connectivity index is 1.59. The van der Waals surface area contributed by atoms with Crippen LogP contribution in [0.4, 0.5) is 10.2 Å². The van der Waals surface area contributed by atoms with Crippen molar-refractivity contribution in [2.24, 2.45) is 0 Å². The Labute approximate surface area is 208 Å². The van der Waals surface area contributed by atoms with Gasteiger partial charge in [-0.25, -0.2) is 17.8 Å². The largest absolute Gasteiger partial charge is 0.310 e. The van der Waals surface area contributed by atoms with E-state index in [9.17, 15) is 22.4 Å². The average molecular weight is 503 g/mol. The Morgan fingerprint density at radius 3 is 2.17 bits per heavy atom. The molecule has 0 saturated carbocycles. The molecule has 1 amide bonds. The van der Waals surface area contributed by atoms with Crippen LogP contribution in [0.3, 0.4) is 0 Å². The molecular weight excluding hydrogens is 479 g/mol. The lowest BCUT2D eigenvalue weighted by Gasteiger charge is -2.12. The van der Waals surface area contributed by atoms with Gasteiger partial charge in [-0.15, -0.1) is 0 Å². The fourth-order valence-electron chi connectivity index (χ4n) is 3.64. The zero-order chi connectivity index (χ0) is 25.7. The number of anilines is 1. The maximum absolute atomic E-state index is 13.5. The highest BCUT2D eigenvalue weighted by Crippen LogP contribution is 2.27. The van der Waals surface area contributed by atoms with Gasteiger partial charge in [-0.3, -0.25) is 9.59 Å². The number of sulfone groups is 1. The van der Waals surface area contributed by atoms with Gasteiger partial charge in [0.1, 0.15) is 17.3 Å². The Morgan fingerprint density at radius 1 is 0.861 bits per heavy atom. The predicted molar refractivity (Wildman–Crippen MR) is 136 cm³/mol. The molecule has 4 aromatic rings. The van der Waals surface area contributed by atoms with Gasteiger partial charge < -0.3 is 5.32 Å². The van der Waals surface area contributed by atoms with Crippen molar-refractivity contribution in [2.45, 2.75) is 18.2 Å². The minimum absolute atomic E-state index is 0.00352. The summed E-state index contributed by atoms with van der Waals surface area (Å²) in [6.07, 6.45) is -0.00416. The molecule has 0 aliphatic heterocycles. The number of nitrogens with zero attached hydrogens (tertiary/aromatic N) is 1. The summed E-state index contributed by atoms with van der Waals surface area (Å²) < 4.78 is 37.4. The Kier molecular flexibility index (Phi) is 7.36. The number of ketones is 1. The van der Waals surface area contributed by atoms with Crippen LogP contribution in [-0.4, -0.2) is 30.8 Å². The van der Waals surface area contributed by atoms with Gasteiger partial charge in [0.2, 0.25) is 11.7 Å². The molecule has 1 heterocycles. The van der Waals surface area contributed by atoms with Crippen LogP contribution in [-0.2, 0) is 21.1 Å². The molecule has 36 heavy (non-hydrogen) atoms. The highest BCUT2D eigenvalue weighted by atomic mass is 32.2. The molecule has 0 fully saturated rings. The maximum Gasteiger partial charge on any atom is 0.229 e. The number of halogens is 1. The molecule has 8 heteroatoms. The van der Waals surface area contributed by atoms with Crippen molar-refractivity contribution in [3.8, 4) is 11.1 Å². The second-order valence-electron chi connectivity index (χ2n) is 8.07. The summed E-state index contributed by atoms with van der Waals surface area (Å²) in [6.45, 7) is 1.57. The normalized spacial score (nSPS) is 11.2. The number of rotatable bonds is 8. The summed E-state index contributed by atoms with van der Waals surface area (Å²) in [7, 11) is -3.32. The van der Waals surface area contributed by atoms with Crippen LogP contribution >= 0.6 is 0 Å². The first-order chi connectivity index (χ1) is 17.3. The quantitative estimate of drug-likeness (QED) is 0.339. The van der Waals surface area contributed by atoms with Gasteiger partial charge in [0.15, 0.2) is 9.84 Å². The molecule has 4 rings (SSSR count). The van der Waals surface area contributed by atoms with Gasteiger partial charge in [-0.05, 0) is 47.5 Å². The van der Waals surface area contributed by atoms with Crippen LogP contribution in [0.15, 0.2) is 95.9 Å². The van der Waals surface area contributed by atoms with Gasteiger partial charge in [0.05, 0.1) is 17.1 Å². The third-order valence-electron chi connectivity index (χ3n) is 5.60. The van der Waals surface area contributed by atoms with E-state index < -0.39 is 15.7 Å². The van der Waals surface area contributed by atoms with Crippen LogP contribution < -0.4 is 5.32 Å². The zero-order valence-electron chi connectivity index (χ0n) is 19.4. The summed E-state index contributed by atoms with van der Waals surface area (Å²) in [4.78, 5) is 30.6. The first-order valence-corrected chi connectivity index (χ1v) is 12.9. The predicted octanol–water partition coefficient (Wildman–Crippen LogP) is 5.09. The van der Waals surface area contributed by atoms with Crippen molar-refractivity contribution in [2.75, 3.05) is 11.1 Å². The number of nitrogens with one attached hydrogen (secondary N) is 1. The number of pyridine rings is 1. The van der Waals surface area contributed by atoms with E-state index in [0.717, 1.165) is 0 Å². The Morgan fingerprint density at radius 2 is 1.53 bits per heavy atom. The summed E-state index contributed by atoms with van der Waals surface area (Å²) >= 11 is 0. The van der Waals surface area contributed by atoms with Crippen molar-refractivity contribution in [1.82, 2.24) is 4.98 Å². The summed E-state index contributed by atoms with van der Waals surface area (Å²) in [6, 6.07) is 23.8. The lowest BCUT2D eigenvalue weighted by molar-refractivity contribution is -0.115. The summed E-state index contributed by atoms with van der Waals surface area (Å²) in [5.41, 5.74) is 2.31. The lowest BCUT2D eigenvalue weighted by atomic mass is 9.98. The van der Waals surface area contributed by atoms with Crippen LogP contribution in [0.25, 0.3) is 11.1 Å². The zero-order valence-corrected chi connectivity index (χ0v) is 20.3. The van der Waals surface area contributed by atoms with E-state index in [2.05, 4.69) is 10.3 Å². The van der Waals surface area contributed by atoms with Crippen molar-refractivity contribution >= 4 is 27.3 Å². The highest BCUT2D eigenvalue weighted by Gasteiger charge is 2.19. The summed E-state index contributed by atoms with van der Waals surface area (Å²) in [5.74, 6) is -0.918. The molecular formula is C28H23FN2O4S. The fourth-order valence-corrected chi connectivity index (χ4v) is 4.53. The SMILES string of the molecule is CCS(=O)(=O)c1ccc(CC(=O)Nc2ccc(-c3ccc(F)cc3)c(C(=O)c3ccccc3)n2)cc1. The van der Waals surface area contributed by atoms with Crippen LogP contribution in [0.1, 0.15) is 28.5 Å².